The van der Waals surface area contributed by atoms with Crippen LogP contribution in [-0.4, -0.2) is 17.6 Å². The lowest BCUT2D eigenvalue weighted by molar-refractivity contribution is -0.122. The second-order valence-corrected chi connectivity index (χ2v) is 7.43. The zero-order chi connectivity index (χ0) is 18.3. The predicted octanol–water partition coefficient (Wildman–Crippen LogP) is 5.44. The van der Waals surface area contributed by atoms with Crippen LogP contribution < -0.4 is 5.32 Å². The van der Waals surface area contributed by atoms with Gasteiger partial charge in [0.05, 0.1) is 5.92 Å². The molecular formula is C21H35NO2. The van der Waals surface area contributed by atoms with Crippen LogP contribution in [0.2, 0.25) is 0 Å². The first-order chi connectivity index (χ1) is 11.3. The number of nitrogens with one attached hydrogen (secondary N) is 1. The van der Waals surface area contributed by atoms with Gasteiger partial charge in [-0.1, -0.05) is 66.0 Å². The number of benzene rings is 1. The number of amides is 1. The van der Waals surface area contributed by atoms with Crippen molar-refractivity contribution in [3.63, 3.8) is 0 Å². The molecule has 1 unspecified atom stereocenters. The van der Waals surface area contributed by atoms with Crippen molar-refractivity contribution in [2.24, 2.45) is 0 Å². The Balaban J connectivity index is 2.89. The van der Waals surface area contributed by atoms with Crippen LogP contribution in [0.15, 0.2) is 12.1 Å². The minimum atomic E-state index is -0.202. The Morgan fingerprint density at radius 2 is 1.54 bits per heavy atom. The average molecular weight is 334 g/mol. The molecule has 0 saturated carbocycles. The fourth-order valence-electron chi connectivity index (χ4n) is 2.90. The van der Waals surface area contributed by atoms with Gasteiger partial charge in [0.25, 0.3) is 0 Å². The van der Waals surface area contributed by atoms with Crippen molar-refractivity contribution < 1.29 is 9.90 Å². The summed E-state index contributed by atoms with van der Waals surface area (Å²) in [6, 6.07) is 3.99. The van der Waals surface area contributed by atoms with Crippen molar-refractivity contribution in [1.82, 2.24) is 5.32 Å². The van der Waals surface area contributed by atoms with Crippen LogP contribution >= 0.6 is 0 Å². The van der Waals surface area contributed by atoms with E-state index in [-0.39, 0.29) is 23.7 Å². The maximum absolute atomic E-state index is 12.4. The standard InChI is InChI=1S/C21H35NO2/c1-7-8-9-10-11-22-21(24)16(6)17-12-18(14(2)3)20(23)19(13-17)15(4)5/h12-16,23H,7-11H2,1-6H3,(H,22,24). The zero-order valence-electron chi connectivity index (χ0n) is 16.3. The number of phenols is 1. The third kappa shape index (κ3) is 5.54. The molecule has 136 valence electrons. The number of aromatic hydroxyl groups is 1. The second-order valence-electron chi connectivity index (χ2n) is 7.43. The molecule has 0 aliphatic rings. The molecule has 3 nitrogen and oxygen atoms in total. The largest absolute Gasteiger partial charge is 0.507 e. The lowest BCUT2D eigenvalue weighted by Crippen LogP contribution is -2.29. The molecule has 0 fully saturated rings. The Hall–Kier alpha value is -1.51. The number of carbonyl (C=O) groups excluding carboxylic acids is 1. The van der Waals surface area contributed by atoms with E-state index in [9.17, 15) is 9.90 Å². The van der Waals surface area contributed by atoms with Crippen LogP contribution in [0.1, 0.15) is 102 Å². The van der Waals surface area contributed by atoms with Gasteiger partial charge in [-0.15, -0.1) is 0 Å². The lowest BCUT2D eigenvalue weighted by Gasteiger charge is -2.20. The van der Waals surface area contributed by atoms with Crippen molar-refractivity contribution in [3.8, 4) is 5.75 Å². The molecule has 1 amide bonds. The molecule has 3 heteroatoms. The van der Waals surface area contributed by atoms with E-state index in [1.165, 1.54) is 19.3 Å². The molecule has 1 rings (SSSR count). The summed E-state index contributed by atoms with van der Waals surface area (Å²) < 4.78 is 0. The van der Waals surface area contributed by atoms with Crippen LogP contribution in [0.25, 0.3) is 0 Å². The van der Waals surface area contributed by atoms with E-state index in [0.717, 1.165) is 29.7 Å². The molecule has 0 heterocycles. The first-order valence-corrected chi connectivity index (χ1v) is 9.43. The van der Waals surface area contributed by atoms with Crippen LogP contribution in [0.3, 0.4) is 0 Å². The maximum Gasteiger partial charge on any atom is 0.227 e. The highest BCUT2D eigenvalue weighted by atomic mass is 16.3. The van der Waals surface area contributed by atoms with Crippen LogP contribution in [-0.2, 0) is 4.79 Å². The summed E-state index contributed by atoms with van der Waals surface area (Å²) >= 11 is 0. The Labute approximate surface area is 147 Å². The monoisotopic (exact) mass is 333 g/mol. The van der Waals surface area contributed by atoms with Gasteiger partial charge in [0, 0.05) is 6.54 Å². The quantitative estimate of drug-likeness (QED) is 0.591. The number of hydrogen-bond donors (Lipinski definition) is 2. The highest BCUT2D eigenvalue weighted by Gasteiger charge is 2.21. The molecule has 0 aromatic heterocycles. The highest BCUT2D eigenvalue weighted by Crippen LogP contribution is 2.36. The molecule has 0 radical (unpaired) electrons. The van der Waals surface area contributed by atoms with Crippen molar-refractivity contribution in [2.75, 3.05) is 6.54 Å². The first kappa shape index (κ1) is 20.5. The molecule has 0 bridgehead atoms. The van der Waals surface area contributed by atoms with Gasteiger partial charge in [-0.3, -0.25) is 4.79 Å². The predicted molar refractivity (Wildman–Crippen MR) is 102 cm³/mol. The van der Waals surface area contributed by atoms with Gasteiger partial charge in [-0.05, 0) is 41.9 Å². The third-order valence-electron chi connectivity index (χ3n) is 4.66. The van der Waals surface area contributed by atoms with Gasteiger partial charge < -0.3 is 10.4 Å². The molecule has 1 aromatic carbocycles. The average Bonchev–Trinajstić information content (AvgIpc) is 2.53. The molecule has 24 heavy (non-hydrogen) atoms. The van der Waals surface area contributed by atoms with Crippen LogP contribution in [0, 0.1) is 0 Å². The Kier molecular flexibility index (Phi) is 8.30. The van der Waals surface area contributed by atoms with Crippen molar-refractivity contribution >= 4 is 5.91 Å². The van der Waals surface area contributed by atoms with Crippen molar-refractivity contribution in [1.29, 1.82) is 0 Å². The number of phenolic OH excluding ortho intramolecular Hbond substituents is 1. The van der Waals surface area contributed by atoms with E-state index in [1.807, 2.05) is 19.1 Å². The van der Waals surface area contributed by atoms with E-state index in [1.54, 1.807) is 0 Å². The molecule has 1 atom stereocenters. The molecule has 0 aliphatic carbocycles. The van der Waals surface area contributed by atoms with Crippen LogP contribution in [0.5, 0.6) is 5.75 Å². The Morgan fingerprint density at radius 3 is 2.00 bits per heavy atom. The van der Waals surface area contributed by atoms with E-state index in [4.69, 9.17) is 0 Å². The molecule has 0 spiro atoms. The first-order valence-electron chi connectivity index (χ1n) is 9.43. The third-order valence-corrected chi connectivity index (χ3v) is 4.66. The van der Waals surface area contributed by atoms with E-state index in [0.29, 0.717) is 5.75 Å². The number of rotatable bonds is 9. The van der Waals surface area contributed by atoms with E-state index < -0.39 is 0 Å². The Bertz CT molecular complexity index is 506. The van der Waals surface area contributed by atoms with Gasteiger partial charge in [0.1, 0.15) is 5.75 Å². The zero-order valence-corrected chi connectivity index (χ0v) is 16.3. The second kappa shape index (κ2) is 9.71. The molecule has 1 aromatic rings. The molecule has 2 N–H and O–H groups in total. The van der Waals surface area contributed by atoms with E-state index >= 15 is 0 Å². The Morgan fingerprint density at radius 1 is 1.00 bits per heavy atom. The molecule has 0 aliphatic heterocycles. The lowest BCUT2D eigenvalue weighted by atomic mass is 9.87. The normalized spacial score (nSPS) is 12.7. The molecular weight excluding hydrogens is 298 g/mol. The van der Waals surface area contributed by atoms with Crippen LogP contribution in [0.4, 0.5) is 0 Å². The number of carbonyl (C=O) groups is 1. The van der Waals surface area contributed by atoms with Gasteiger partial charge in [0.2, 0.25) is 5.91 Å². The smallest absolute Gasteiger partial charge is 0.227 e. The maximum atomic E-state index is 12.4. The van der Waals surface area contributed by atoms with Gasteiger partial charge in [-0.2, -0.15) is 0 Å². The van der Waals surface area contributed by atoms with Crippen molar-refractivity contribution in [2.45, 2.75) is 85.0 Å². The molecule has 0 saturated heterocycles. The number of hydrogen-bond acceptors (Lipinski definition) is 2. The summed E-state index contributed by atoms with van der Waals surface area (Å²) in [5, 5.41) is 13.5. The highest BCUT2D eigenvalue weighted by molar-refractivity contribution is 5.83. The summed E-state index contributed by atoms with van der Waals surface area (Å²) in [7, 11) is 0. The van der Waals surface area contributed by atoms with Gasteiger partial charge >= 0.3 is 0 Å². The summed E-state index contributed by atoms with van der Waals surface area (Å²) in [5.74, 6) is 0.711. The van der Waals surface area contributed by atoms with Gasteiger partial charge in [-0.25, -0.2) is 0 Å². The summed E-state index contributed by atoms with van der Waals surface area (Å²) in [4.78, 5) is 12.4. The minimum absolute atomic E-state index is 0.0709. The minimum Gasteiger partial charge on any atom is -0.507 e. The van der Waals surface area contributed by atoms with E-state index in [2.05, 4.69) is 39.9 Å². The summed E-state index contributed by atoms with van der Waals surface area (Å²) in [6.45, 7) is 13.2. The van der Waals surface area contributed by atoms with Gasteiger partial charge in [0.15, 0.2) is 0 Å². The topological polar surface area (TPSA) is 49.3 Å². The summed E-state index contributed by atoms with van der Waals surface area (Å²) in [6.07, 6.45) is 4.63. The fraction of sp³-hybridized carbons (Fsp3) is 0.667. The fourth-order valence-corrected chi connectivity index (χ4v) is 2.90. The van der Waals surface area contributed by atoms with Crippen molar-refractivity contribution in [3.05, 3.63) is 28.8 Å². The number of unbranched alkanes of at least 4 members (excludes halogenated alkanes) is 3. The summed E-state index contributed by atoms with van der Waals surface area (Å²) in [5.41, 5.74) is 2.85. The SMILES string of the molecule is CCCCCCNC(=O)C(C)c1cc(C(C)C)c(O)c(C(C)C)c1.